The summed E-state index contributed by atoms with van der Waals surface area (Å²) in [6, 6.07) is 0.796. The Morgan fingerprint density at radius 1 is 1.60 bits per heavy atom. The van der Waals surface area contributed by atoms with E-state index < -0.39 is 0 Å². The molecule has 10 heavy (non-hydrogen) atoms. The highest BCUT2D eigenvalue weighted by atomic mass is 16.5. The maximum Gasteiger partial charge on any atom is 0.106 e. The highest BCUT2D eigenvalue weighted by Gasteiger charge is 2.20. The average molecular weight is 139 g/mol. The minimum Gasteiger partial charge on any atom is -0.497 e. The van der Waals surface area contributed by atoms with E-state index in [0.29, 0.717) is 0 Å². The molecule has 0 aromatic rings. The molecule has 2 nitrogen and oxygen atoms in total. The van der Waals surface area contributed by atoms with Gasteiger partial charge in [-0.15, -0.1) is 0 Å². The molecule has 1 saturated carbocycles. The average Bonchev–Trinajstić information content (AvgIpc) is 2.63. The number of nitrogens with one attached hydrogen (secondary N) is 1. The molecule has 2 aliphatic rings. The SMILES string of the molecule is C1=C(CNC2CC2)OCC1. The van der Waals surface area contributed by atoms with E-state index in [2.05, 4.69) is 11.4 Å². The van der Waals surface area contributed by atoms with Gasteiger partial charge in [-0.2, -0.15) is 0 Å². The molecule has 1 heterocycles. The second-order valence-electron chi connectivity index (χ2n) is 2.96. The highest BCUT2D eigenvalue weighted by molar-refractivity contribution is 5.01. The van der Waals surface area contributed by atoms with Gasteiger partial charge in [0.2, 0.25) is 0 Å². The molecule has 0 saturated heterocycles. The van der Waals surface area contributed by atoms with E-state index in [9.17, 15) is 0 Å². The number of hydrogen-bond donors (Lipinski definition) is 1. The molecule has 0 aromatic heterocycles. The first kappa shape index (κ1) is 6.23. The zero-order valence-electron chi connectivity index (χ0n) is 6.10. The standard InChI is InChI=1S/C8H13NO/c1-2-8(10-5-1)6-9-7-3-4-7/h2,7,9H,1,3-6H2. The summed E-state index contributed by atoms with van der Waals surface area (Å²) in [4.78, 5) is 0. The van der Waals surface area contributed by atoms with Gasteiger partial charge in [0.05, 0.1) is 13.2 Å². The van der Waals surface area contributed by atoms with E-state index in [1.165, 1.54) is 12.8 Å². The summed E-state index contributed by atoms with van der Waals surface area (Å²) >= 11 is 0. The quantitative estimate of drug-likeness (QED) is 0.631. The normalized spacial score (nSPS) is 24.2. The van der Waals surface area contributed by atoms with Crippen LogP contribution in [-0.4, -0.2) is 19.2 Å². The molecule has 1 N–H and O–H groups in total. The maximum absolute atomic E-state index is 5.33. The number of ether oxygens (including phenoxy) is 1. The lowest BCUT2D eigenvalue weighted by molar-refractivity contribution is 0.236. The molecule has 1 fully saturated rings. The first-order chi connectivity index (χ1) is 4.95. The summed E-state index contributed by atoms with van der Waals surface area (Å²) in [5.41, 5.74) is 0. The Bertz CT molecular complexity index is 149. The number of rotatable bonds is 3. The first-order valence-corrected chi connectivity index (χ1v) is 4.00. The Morgan fingerprint density at radius 2 is 2.50 bits per heavy atom. The van der Waals surface area contributed by atoms with Crippen LogP contribution in [0.3, 0.4) is 0 Å². The molecule has 0 amide bonds. The zero-order valence-corrected chi connectivity index (χ0v) is 6.10. The van der Waals surface area contributed by atoms with Crippen LogP contribution in [0, 0.1) is 0 Å². The summed E-state index contributed by atoms with van der Waals surface area (Å²) in [6.45, 7) is 1.84. The van der Waals surface area contributed by atoms with Crippen molar-refractivity contribution in [2.45, 2.75) is 25.3 Å². The predicted molar refractivity (Wildman–Crippen MR) is 39.7 cm³/mol. The molecule has 56 valence electrons. The Balaban J connectivity index is 1.68. The third-order valence-corrected chi connectivity index (χ3v) is 1.92. The molecule has 1 aliphatic carbocycles. The van der Waals surface area contributed by atoms with Crippen LogP contribution in [0.2, 0.25) is 0 Å². The van der Waals surface area contributed by atoms with Gasteiger partial charge in [0.25, 0.3) is 0 Å². The van der Waals surface area contributed by atoms with Crippen LogP contribution >= 0.6 is 0 Å². The van der Waals surface area contributed by atoms with Crippen molar-refractivity contribution in [2.24, 2.45) is 0 Å². The van der Waals surface area contributed by atoms with Gasteiger partial charge < -0.3 is 10.1 Å². The molecule has 0 spiro atoms. The van der Waals surface area contributed by atoms with Gasteiger partial charge in [-0.25, -0.2) is 0 Å². The van der Waals surface area contributed by atoms with E-state index in [0.717, 1.165) is 31.4 Å². The van der Waals surface area contributed by atoms with Crippen LogP contribution < -0.4 is 5.32 Å². The van der Waals surface area contributed by atoms with Crippen LogP contribution in [0.25, 0.3) is 0 Å². The van der Waals surface area contributed by atoms with Crippen LogP contribution in [0.5, 0.6) is 0 Å². The van der Waals surface area contributed by atoms with E-state index >= 15 is 0 Å². The molecule has 0 unspecified atom stereocenters. The van der Waals surface area contributed by atoms with Gasteiger partial charge in [0.15, 0.2) is 0 Å². The minimum atomic E-state index is 0.796. The minimum absolute atomic E-state index is 0.796. The Hall–Kier alpha value is -0.500. The van der Waals surface area contributed by atoms with Crippen LogP contribution in [0.4, 0.5) is 0 Å². The first-order valence-electron chi connectivity index (χ1n) is 4.00. The lowest BCUT2D eigenvalue weighted by atomic mass is 10.4. The van der Waals surface area contributed by atoms with Crippen molar-refractivity contribution < 1.29 is 4.74 Å². The van der Waals surface area contributed by atoms with E-state index in [-0.39, 0.29) is 0 Å². The lowest BCUT2D eigenvalue weighted by Crippen LogP contribution is -2.19. The summed E-state index contributed by atoms with van der Waals surface area (Å²) in [5.74, 6) is 1.15. The smallest absolute Gasteiger partial charge is 0.106 e. The summed E-state index contributed by atoms with van der Waals surface area (Å²) in [7, 11) is 0. The monoisotopic (exact) mass is 139 g/mol. The van der Waals surface area contributed by atoms with Gasteiger partial charge >= 0.3 is 0 Å². The number of hydrogen-bond acceptors (Lipinski definition) is 2. The maximum atomic E-state index is 5.33. The van der Waals surface area contributed by atoms with Gasteiger partial charge in [-0.1, -0.05) is 0 Å². The van der Waals surface area contributed by atoms with E-state index in [1.807, 2.05) is 0 Å². The van der Waals surface area contributed by atoms with Crippen LogP contribution in [0.15, 0.2) is 11.8 Å². The second-order valence-corrected chi connectivity index (χ2v) is 2.96. The summed E-state index contributed by atoms with van der Waals surface area (Å²) in [6.07, 6.45) is 5.98. The van der Waals surface area contributed by atoms with Gasteiger partial charge in [-0.3, -0.25) is 0 Å². The Labute approximate surface area is 61.3 Å². The fourth-order valence-electron chi connectivity index (χ4n) is 1.12. The van der Waals surface area contributed by atoms with Crippen molar-refractivity contribution in [3.8, 4) is 0 Å². The molecule has 0 aromatic carbocycles. The van der Waals surface area contributed by atoms with Crippen molar-refractivity contribution in [1.82, 2.24) is 5.32 Å². The van der Waals surface area contributed by atoms with Gasteiger partial charge in [0, 0.05) is 12.5 Å². The van der Waals surface area contributed by atoms with Crippen molar-refractivity contribution in [2.75, 3.05) is 13.2 Å². The molecular weight excluding hydrogens is 126 g/mol. The molecule has 0 radical (unpaired) electrons. The fourth-order valence-corrected chi connectivity index (χ4v) is 1.12. The molecule has 2 heteroatoms. The summed E-state index contributed by atoms with van der Waals surface area (Å²) < 4.78 is 5.33. The Kier molecular flexibility index (Phi) is 1.63. The van der Waals surface area contributed by atoms with E-state index in [4.69, 9.17) is 4.74 Å². The molecule has 1 aliphatic heterocycles. The topological polar surface area (TPSA) is 21.3 Å². The fraction of sp³-hybridized carbons (Fsp3) is 0.750. The lowest BCUT2D eigenvalue weighted by Gasteiger charge is -2.03. The van der Waals surface area contributed by atoms with Crippen molar-refractivity contribution >= 4 is 0 Å². The molecular formula is C8H13NO. The second kappa shape index (κ2) is 2.62. The molecule has 2 rings (SSSR count). The zero-order chi connectivity index (χ0) is 6.81. The third-order valence-electron chi connectivity index (χ3n) is 1.92. The van der Waals surface area contributed by atoms with Crippen molar-refractivity contribution in [3.05, 3.63) is 11.8 Å². The van der Waals surface area contributed by atoms with Crippen molar-refractivity contribution in [1.29, 1.82) is 0 Å². The van der Waals surface area contributed by atoms with Crippen molar-refractivity contribution in [3.63, 3.8) is 0 Å². The van der Waals surface area contributed by atoms with E-state index in [1.54, 1.807) is 0 Å². The van der Waals surface area contributed by atoms with Crippen LogP contribution in [0.1, 0.15) is 19.3 Å². The van der Waals surface area contributed by atoms with Gasteiger partial charge in [0.1, 0.15) is 5.76 Å². The largest absolute Gasteiger partial charge is 0.497 e. The predicted octanol–water partition coefficient (Wildman–Crippen LogP) is 1.04. The molecule has 0 atom stereocenters. The highest BCUT2D eigenvalue weighted by Crippen LogP contribution is 2.19. The Morgan fingerprint density at radius 3 is 3.10 bits per heavy atom. The molecule has 0 bridgehead atoms. The third kappa shape index (κ3) is 1.51. The summed E-state index contributed by atoms with van der Waals surface area (Å²) in [5, 5.41) is 3.41. The van der Waals surface area contributed by atoms with Crippen LogP contribution in [-0.2, 0) is 4.74 Å². The van der Waals surface area contributed by atoms with Gasteiger partial charge in [-0.05, 0) is 18.9 Å².